The Morgan fingerprint density at radius 1 is 1.07 bits per heavy atom. The molecule has 0 unspecified atom stereocenters. The summed E-state index contributed by atoms with van der Waals surface area (Å²) in [7, 11) is 1.52. The first-order valence-corrected chi connectivity index (χ1v) is 10.7. The van der Waals surface area contributed by atoms with Crippen LogP contribution < -0.4 is 4.90 Å². The third kappa shape index (κ3) is 4.69. The van der Waals surface area contributed by atoms with E-state index in [4.69, 9.17) is 9.22 Å². The van der Waals surface area contributed by atoms with Crippen molar-refractivity contribution in [3.8, 4) is 0 Å². The van der Waals surface area contributed by atoms with Crippen LogP contribution in [-0.4, -0.2) is 44.2 Å². The van der Waals surface area contributed by atoms with Gasteiger partial charge in [0.2, 0.25) is 0 Å². The van der Waals surface area contributed by atoms with E-state index in [9.17, 15) is 4.39 Å². The number of anilines is 1. The van der Waals surface area contributed by atoms with Crippen molar-refractivity contribution in [1.29, 1.82) is 0 Å². The van der Waals surface area contributed by atoms with Gasteiger partial charge in [0.25, 0.3) is 0 Å². The Morgan fingerprint density at radius 2 is 1.86 bits per heavy atom. The highest BCUT2D eigenvalue weighted by Gasteiger charge is 2.29. The molecular formula is C22H27FN2O2S. The Labute approximate surface area is 170 Å². The first kappa shape index (κ1) is 19.7. The summed E-state index contributed by atoms with van der Waals surface area (Å²) in [4.78, 5) is 10.9. The molecule has 2 aromatic rings. The summed E-state index contributed by atoms with van der Waals surface area (Å²) in [5.74, 6) is -0.161. The second-order valence-corrected chi connectivity index (χ2v) is 8.28. The molecule has 28 heavy (non-hydrogen) atoms. The summed E-state index contributed by atoms with van der Waals surface area (Å²) in [5, 5.41) is 0. The number of hydrogen-bond acceptors (Lipinski definition) is 5. The van der Waals surface area contributed by atoms with Gasteiger partial charge in [-0.3, -0.25) is 0 Å². The summed E-state index contributed by atoms with van der Waals surface area (Å²) in [6.07, 6.45) is 4.48. The molecule has 4 nitrogen and oxygen atoms in total. The maximum Gasteiger partial charge on any atom is 0.123 e. The van der Waals surface area contributed by atoms with E-state index < -0.39 is 0 Å². The summed E-state index contributed by atoms with van der Waals surface area (Å²) >= 11 is 1.26. The molecule has 1 saturated heterocycles. The molecule has 2 heterocycles. The maximum absolute atomic E-state index is 13.0. The van der Waals surface area contributed by atoms with Crippen molar-refractivity contribution in [2.24, 2.45) is 0 Å². The molecule has 2 aliphatic rings. The van der Waals surface area contributed by atoms with Gasteiger partial charge < -0.3 is 9.80 Å². The van der Waals surface area contributed by atoms with Crippen LogP contribution in [0, 0.1) is 5.82 Å². The average Bonchev–Trinajstić information content (AvgIpc) is 3.15. The zero-order chi connectivity index (χ0) is 19.3. The summed E-state index contributed by atoms with van der Waals surface area (Å²) in [6, 6.07) is 14.0. The van der Waals surface area contributed by atoms with Crippen molar-refractivity contribution in [3.63, 3.8) is 0 Å². The number of nitrogens with zero attached hydrogens (tertiary/aromatic N) is 2. The SMILES string of the molecule is COOSc1ccc2c(c1)N(C1CCN(CCc3ccc(F)cc3)CC1)CC2. The number of hydrogen-bond donors (Lipinski definition) is 0. The number of benzene rings is 2. The zero-order valence-electron chi connectivity index (χ0n) is 16.3. The molecule has 6 heteroatoms. The van der Waals surface area contributed by atoms with Gasteiger partial charge in [0, 0.05) is 42.8 Å². The van der Waals surface area contributed by atoms with Crippen LogP contribution in [-0.2, 0) is 22.1 Å². The lowest BCUT2D eigenvalue weighted by atomic mass is 10.0. The first-order valence-electron chi connectivity index (χ1n) is 9.96. The largest absolute Gasteiger partial charge is 0.368 e. The van der Waals surface area contributed by atoms with Gasteiger partial charge >= 0.3 is 0 Å². The predicted molar refractivity (Wildman–Crippen MR) is 111 cm³/mol. The van der Waals surface area contributed by atoms with Gasteiger partial charge in [-0.1, -0.05) is 18.2 Å². The molecule has 2 aromatic carbocycles. The van der Waals surface area contributed by atoms with E-state index in [2.05, 4.69) is 28.0 Å². The van der Waals surface area contributed by atoms with E-state index in [1.165, 1.54) is 48.8 Å². The molecule has 0 amide bonds. The minimum Gasteiger partial charge on any atom is -0.368 e. The highest BCUT2D eigenvalue weighted by molar-refractivity contribution is 7.94. The van der Waals surface area contributed by atoms with Crippen molar-refractivity contribution in [2.45, 2.75) is 36.6 Å². The van der Waals surface area contributed by atoms with Crippen molar-refractivity contribution < 1.29 is 13.6 Å². The summed E-state index contributed by atoms with van der Waals surface area (Å²) in [6.45, 7) is 4.40. The second-order valence-electron chi connectivity index (χ2n) is 7.50. The van der Waals surface area contributed by atoms with Crippen LogP contribution in [0.25, 0.3) is 0 Å². The normalized spacial score (nSPS) is 17.9. The van der Waals surface area contributed by atoms with Crippen LogP contribution in [0.2, 0.25) is 0 Å². The summed E-state index contributed by atoms with van der Waals surface area (Å²) < 4.78 is 18.0. The fourth-order valence-electron chi connectivity index (χ4n) is 4.28. The molecular weight excluding hydrogens is 375 g/mol. The molecule has 4 rings (SSSR count). The number of rotatable bonds is 7. The standard InChI is InChI=1S/C22H27FN2O2S/c1-26-27-28-21-7-4-18-9-15-25(22(18)16-21)20-10-13-24(14-11-20)12-8-17-2-5-19(23)6-3-17/h2-7,16,20H,8-15H2,1H3. The minimum absolute atomic E-state index is 0.161. The van der Waals surface area contributed by atoms with Crippen LogP contribution in [0.5, 0.6) is 0 Å². The number of fused-ring (bicyclic) bond motifs is 1. The van der Waals surface area contributed by atoms with Crippen LogP contribution in [0.3, 0.4) is 0 Å². The monoisotopic (exact) mass is 402 g/mol. The Bertz CT molecular complexity index is 779. The highest BCUT2D eigenvalue weighted by Crippen LogP contribution is 2.36. The Balaban J connectivity index is 1.30. The van der Waals surface area contributed by atoms with Crippen LogP contribution in [0.4, 0.5) is 10.1 Å². The lowest BCUT2D eigenvalue weighted by Crippen LogP contribution is -2.45. The first-order chi connectivity index (χ1) is 13.7. The van der Waals surface area contributed by atoms with E-state index in [0.717, 1.165) is 43.9 Å². The molecule has 0 aliphatic carbocycles. The lowest BCUT2D eigenvalue weighted by Gasteiger charge is -2.38. The molecule has 0 atom stereocenters. The van der Waals surface area contributed by atoms with Gasteiger partial charge in [-0.2, -0.15) is 4.33 Å². The Kier molecular flexibility index (Phi) is 6.52. The third-order valence-electron chi connectivity index (χ3n) is 5.81. The van der Waals surface area contributed by atoms with Gasteiger partial charge in [-0.25, -0.2) is 9.28 Å². The van der Waals surface area contributed by atoms with Gasteiger partial charge in [-0.15, -0.1) is 0 Å². The van der Waals surface area contributed by atoms with Gasteiger partial charge in [0.1, 0.15) is 5.82 Å². The number of halogens is 1. The molecule has 2 aliphatic heterocycles. The van der Waals surface area contributed by atoms with Crippen molar-refractivity contribution in [1.82, 2.24) is 4.90 Å². The van der Waals surface area contributed by atoms with E-state index in [1.54, 1.807) is 12.1 Å². The fraction of sp³-hybridized carbons (Fsp3) is 0.455. The molecule has 0 spiro atoms. The Hall–Kier alpha value is -1.60. The molecule has 150 valence electrons. The van der Waals surface area contributed by atoms with E-state index >= 15 is 0 Å². The molecule has 1 fully saturated rings. The van der Waals surface area contributed by atoms with Gasteiger partial charge in [0.05, 0.1) is 19.2 Å². The Morgan fingerprint density at radius 3 is 2.61 bits per heavy atom. The highest BCUT2D eigenvalue weighted by atomic mass is 32.2. The average molecular weight is 403 g/mol. The molecule has 0 bridgehead atoms. The van der Waals surface area contributed by atoms with E-state index in [0.29, 0.717) is 6.04 Å². The zero-order valence-corrected chi connectivity index (χ0v) is 17.1. The van der Waals surface area contributed by atoms with E-state index in [1.807, 2.05) is 12.1 Å². The predicted octanol–water partition coefficient (Wildman–Crippen LogP) is 4.48. The van der Waals surface area contributed by atoms with Crippen molar-refractivity contribution >= 4 is 17.7 Å². The molecule has 0 radical (unpaired) electrons. The fourth-order valence-corrected chi connectivity index (χ4v) is 4.71. The molecule has 0 saturated carbocycles. The van der Waals surface area contributed by atoms with Crippen LogP contribution in [0.1, 0.15) is 24.0 Å². The lowest BCUT2D eigenvalue weighted by molar-refractivity contribution is -0.160. The minimum atomic E-state index is -0.161. The molecule has 0 aromatic heterocycles. The van der Waals surface area contributed by atoms with Crippen molar-refractivity contribution in [3.05, 3.63) is 59.4 Å². The molecule has 0 N–H and O–H groups in total. The van der Waals surface area contributed by atoms with Crippen LogP contribution in [0.15, 0.2) is 47.4 Å². The van der Waals surface area contributed by atoms with Crippen LogP contribution >= 0.6 is 12.0 Å². The third-order valence-corrected chi connectivity index (χ3v) is 6.46. The van der Waals surface area contributed by atoms with Gasteiger partial charge in [0.15, 0.2) is 0 Å². The van der Waals surface area contributed by atoms with Crippen molar-refractivity contribution in [2.75, 3.05) is 38.2 Å². The second kappa shape index (κ2) is 9.27. The smallest absolute Gasteiger partial charge is 0.123 e. The topological polar surface area (TPSA) is 24.9 Å². The number of likely N-dealkylation sites (tertiary alicyclic amines) is 1. The van der Waals surface area contributed by atoms with Gasteiger partial charge in [-0.05, 0) is 61.1 Å². The summed E-state index contributed by atoms with van der Waals surface area (Å²) in [5.41, 5.74) is 4.00. The van der Waals surface area contributed by atoms with E-state index in [-0.39, 0.29) is 5.82 Å². The maximum atomic E-state index is 13.0. The quantitative estimate of drug-likeness (QED) is 0.386. The number of piperidine rings is 1.